The highest BCUT2D eigenvalue weighted by Crippen LogP contribution is 2.49. The standard InChI is InChI=1S/C33H37N5O3S/c1-30(2,3)25-16-26-34-17-21-15-23(24-9-8-14-42-24)27(35-28(21)38(26)37-25)20-10-12-22(13-11-20)33(18-32(7,40)19-33)36-29(39)41-31(4,5)6/h8-17,40H,18-19H2,1-7H3,(H,36,39). The molecule has 4 aromatic heterocycles. The Balaban J connectivity index is 1.44. The number of pyridine rings is 1. The second-order valence-electron chi connectivity index (χ2n) is 13.7. The van der Waals surface area contributed by atoms with E-state index >= 15 is 0 Å². The van der Waals surface area contributed by atoms with Crippen LogP contribution in [0.25, 0.3) is 38.4 Å². The summed E-state index contributed by atoms with van der Waals surface area (Å²) in [7, 11) is 0. The highest BCUT2D eigenvalue weighted by atomic mass is 32.1. The molecular formula is C33H37N5O3S. The molecule has 9 heteroatoms. The molecule has 0 saturated heterocycles. The summed E-state index contributed by atoms with van der Waals surface area (Å²) in [5, 5.41) is 21.6. The zero-order valence-corrected chi connectivity index (χ0v) is 26.0. The van der Waals surface area contributed by atoms with Crippen molar-refractivity contribution >= 4 is 34.1 Å². The first-order valence-electron chi connectivity index (χ1n) is 14.2. The number of fused-ring (bicyclic) bond motifs is 3. The van der Waals surface area contributed by atoms with Gasteiger partial charge in [-0.3, -0.25) is 0 Å². The molecule has 0 spiro atoms. The van der Waals surface area contributed by atoms with E-state index in [4.69, 9.17) is 14.8 Å². The lowest BCUT2D eigenvalue weighted by Crippen LogP contribution is -2.62. The monoisotopic (exact) mass is 583 g/mol. The van der Waals surface area contributed by atoms with E-state index in [0.29, 0.717) is 12.8 Å². The highest BCUT2D eigenvalue weighted by Gasteiger charge is 2.53. The van der Waals surface area contributed by atoms with Gasteiger partial charge < -0.3 is 15.2 Å². The maximum Gasteiger partial charge on any atom is 0.408 e. The number of aromatic nitrogens is 4. The third kappa shape index (κ3) is 5.27. The number of amides is 1. The summed E-state index contributed by atoms with van der Waals surface area (Å²) in [6.07, 6.45) is 2.16. The molecule has 6 rings (SSSR count). The minimum absolute atomic E-state index is 0.120. The number of nitrogens with one attached hydrogen (secondary N) is 1. The van der Waals surface area contributed by atoms with Gasteiger partial charge in [0.2, 0.25) is 0 Å². The van der Waals surface area contributed by atoms with Gasteiger partial charge in [-0.25, -0.2) is 14.8 Å². The first-order valence-corrected chi connectivity index (χ1v) is 15.1. The fraction of sp³-hybridized carbons (Fsp3) is 0.394. The van der Waals surface area contributed by atoms with Crippen LogP contribution in [-0.2, 0) is 15.7 Å². The van der Waals surface area contributed by atoms with Crippen LogP contribution in [0.1, 0.15) is 72.6 Å². The molecule has 5 aromatic rings. The second-order valence-corrected chi connectivity index (χ2v) is 14.7. The van der Waals surface area contributed by atoms with Gasteiger partial charge in [-0.05, 0) is 50.8 Å². The topological polar surface area (TPSA) is 102 Å². The lowest BCUT2D eigenvalue weighted by atomic mass is 9.62. The molecule has 0 atom stereocenters. The summed E-state index contributed by atoms with van der Waals surface area (Å²) < 4.78 is 7.39. The molecule has 42 heavy (non-hydrogen) atoms. The minimum atomic E-state index is -0.866. The summed E-state index contributed by atoms with van der Waals surface area (Å²) in [4.78, 5) is 23.8. The minimum Gasteiger partial charge on any atom is -0.444 e. The van der Waals surface area contributed by atoms with E-state index in [9.17, 15) is 9.90 Å². The molecule has 218 valence electrons. The van der Waals surface area contributed by atoms with Gasteiger partial charge in [-0.1, -0.05) is 51.1 Å². The molecular weight excluding hydrogens is 546 g/mol. The summed E-state index contributed by atoms with van der Waals surface area (Å²) in [5.41, 5.74) is 3.85. The molecule has 1 aromatic carbocycles. The van der Waals surface area contributed by atoms with E-state index in [1.54, 1.807) is 18.3 Å². The Kier molecular flexibility index (Phi) is 6.47. The molecule has 4 heterocycles. The predicted molar refractivity (Wildman–Crippen MR) is 167 cm³/mol. The van der Waals surface area contributed by atoms with E-state index in [1.807, 2.05) is 67.9 Å². The molecule has 8 nitrogen and oxygen atoms in total. The van der Waals surface area contributed by atoms with Crippen LogP contribution in [0.4, 0.5) is 4.79 Å². The van der Waals surface area contributed by atoms with Crippen LogP contribution in [0.5, 0.6) is 0 Å². The Bertz CT molecular complexity index is 1780. The number of hydrogen-bond acceptors (Lipinski definition) is 7. The molecule has 0 unspecified atom stereocenters. The number of alkyl carbamates (subject to hydrolysis) is 1. The first kappa shape index (κ1) is 28.3. The highest BCUT2D eigenvalue weighted by molar-refractivity contribution is 7.13. The SMILES string of the molecule is CC1(O)CC(NC(=O)OC(C)(C)C)(c2ccc(-c3nc4c(cnc5cc(C(C)(C)C)nn54)cc3-c3cccs3)cc2)C1. The third-order valence-electron chi connectivity index (χ3n) is 7.63. The molecule has 0 bridgehead atoms. The molecule has 1 aliphatic carbocycles. The van der Waals surface area contributed by atoms with Crippen LogP contribution >= 0.6 is 11.3 Å². The Morgan fingerprint density at radius 3 is 2.38 bits per heavy atom. The number of aliphatic hydroxyl groups is 1. The predicted octanol–water partition coefficient (Wildman–Crippen LogP) is 7.24. The molecule has 0 radical (unpaired) electrons. The van der Waals surface area contributed by atoms with Crippen molar-refractivity contribution < 1.29 is 14.6 Å². The maximum atomic E-state index is 12.8. The lowest BCUT2D eigenvalue weighted by Gasteiger charge is -2.52. The van der Waals surface area contributed by atoms with Crippen LogP contribution in [0.2, 0.25) is 0 Å². The van der Waals surface area contributed by atoms with Gasteiger partial charge in [0, 0.05) is 51.9 Å². The average Bonchev–Trinajstić information content (AvgIpc) is 3.56. The Morgan fingerprint density at radius 2 is 1.79 bits per heavy atom. The number of thiophene rings is 1. The lowest BCUT2D eigenvalue weighted by molar-refractivity contribution is -0.0892. The second kappa shape index (κ2) is 9.61. The van der Waals surface area contributed by atoms with Crippen LogP contribution in [0.15, 0.2) is 60.1 Å². The summed E-state index contributed by atoms with van der Waals surface area (Å²) in [6, 6.07) is 16.4. The fourth-order valence-electron chi connectivity index (χ4n) is 5.80. The van der Waals surface area contributed by atoms with Crippen molar-refractivity contribution in [3.05, 3.63) is 71.4 Å². The summed E-state index contributed by atoms with van der Waals surface area (Å²) in [5.74, 6) is 0. The van der Waals surface area contributed by atoms with Crippen LogP contribution in [-0.4, -0.2) is 42.0 Å². The van der Waals surface area contributed by atoms with E-state index in [2.05, 4.69) is 48.6 Å². The molecule has 1 amide bonds. The number of carbonyl (C=O) groups excluding carboxylic acids is 1. The number of hydrogen-bond donors (Lipinski definition) is 2. The Labute approximate surface area is 249 Å². The van der Waals surface area contributed by atoms with Gasteiger partial charge in [0.05, 0.1) is 22.5 Å². The van der Waals surface area contributed by atoms with Gasteiger partial charge in [0.1, 0.15) is 5.60 Å². The van der Waals surface area contributed by atoms with Crippen molar-refractivity contribution in [1.82, 2.24) is 24.9 Å². The van der Waals surface area contributed by atoms with Gasteiger partial charge in [-0.2, -0.15) is 9.61 Å². The molecule has 0 aliphatic heterocycles. The van der Waals surface area contributed by atoms with Crippen LogP contribution in [0, 0.1) is 0 Å². The van der Waals surface area contributed by atoms with Gasteiger partial charge in [-0.15, -0.1) is 11.3 Å². The van der Waals surface area contributed by atoms with Crippen LogP contribution in [0.3, 0.4) is 0 Å². The largest absolute Gasteiger partial charge is 0.444 e. The van der Waals surface area contributed by atoms with E-state index in [0.717, 1.165) is 49.6 Å². The third-order valence-corrected chi connectivity index (χ3v) is 8.53. The van der Waals surface area contributed by atoms with Gasteiger partial charge in [0.25, 0.3) is 0 Å². The average molecular weight is 584 g/mol. The molecule has 1 fully saturated rings. The molecule has 1 saturated carbocycles. The van der Waals surface area contributed by atoms with Gasteiger partial charge in [0.15, 0.2) is 11.3 Å². The van der Waals surface area contributed by atoms with E-state index in [1.165, 1.54) is 0 Å². The smallest absolute Gasteiger partial charge is 0.408 e. The summed E-state index contributed by atoms with van der Waals surface area (Å²) >= 11 is 1.66. The van der Waals surface area contributed by atoms with Crippen molar-refractivity contribution in [2.24, 2.45) is 0 Å². The quantitative estimate of drug-likeness (QED) is 0.231. The number of ether oxygens (including phenoxy) is 1. The Hall–Kier alpha value is -3.82. The molecule has 1 aliphatic rings. The van der Waals surface area contributed by atoms with E-state index < -0.39 is 22.8 Å². The van der Waals surface area contributed by atoms with Crippen molar-refractivity contribution in [3.63, 3.8) is 0 Å². The number of carbonyl (C=O) groups is 1. The van der Waals surface area contributed by atoms with Crippen molar-refractivity contribution in [2.45, 2.75) is 83.5 Å². The number of nitrogens with zero attached hydrogens (tertiary/aromatic N) is 4. The van der Waals surface area contributed by atoms with Crippen molar-refractivity contribution in [2.75, 3.05) is 0 Å². The van der Waals surface area contributed by atoms with Gasteiger partial charge >= 0.3 is 6.09 Å². The zero-order chi connectivity index (χ0) is 30.1. The van der Waals surface area contributed by atoms with E-state index in [-0.39, 0.29) is 5.41 Å². The molecule has 2 N–H and O–H groups in total. The zero-order valence-electron chi connectivity index (χ0n) is 25.1. The van der Waals surface area contributed by atoms with Crippen molar-refractivity contribution in [1.29, 1.82) is 0 Å². The summed E-state index contributed by atoms with van der Waals surface area (Å²) in [6.45, 7) is 13.7. The maximum absolute atomic E-state index is 12.8. The number of rotatable bonds is 4. The van der Waals surface area contributed by atoms with Crippen molar-refractivity contribution in [3.8, 4) is 21.7 Å². The normalized spacial score (nSPS) is 21.0. The van der Waals surface area contributed by atoms with Crippen LogP contribution < -0.4 is 5.32 Å². The Morgan fingerprint density at radius 1 is 1.07 bits per heavy atom. The number of benzene rings is 1. The fourth-order valence-corrected chi connectivity index (χ4v) is 6.55. The first-order chi connectivity index (χ1) is 19.6.